The Kier molecular flexibility index (Phi) is 5.20. The van der Waals surface area contributed by atoms with Crippen LogP contribution in [-0.4, -0.2) is 46.2 Å². The van der Waals surface area contributed by atoms with Crippen LogP contribution in [0.3, 0.4) is 0 Å². The number of aromatic carboxylic acids is 1. The molecule has 2 aromatic heterocycles. The molecule has 0 saturated carbocycles. The first-order chi connectivity index (χ1) is 12.4. The number of carboxylic acids is 1. The summed E-state index contributed by atoms with van der Waals surface area (Å²) in [6, 6.07) is 7.84. The zero-order valence-electron chi connectivity index (χ0n) is 15.0. The largest absolute Gasteiger partial charge is 0.478 e. The molecule has 0 atom stereocenters. The molecule has 3 rings (SSSR count). The predicted octanol–water partition coefficient (Wildman–Crippen LogP) is 3.08. The molecular formula is C19H21N3O3S. The third kappa shape index (κ3) is 3.54. The number of nitrogens with zero attached hydrogens (tertiary/aromatic N) is 3. The number of rotatable bonds is 6. The van der Waals surface area contributed by atoms with E-state index in [1.807, 2.05) is 45.3 Å². The fourth-order valence-corrected chi connectivity index (χ4v) is 3.84. The van der Waals surface area contributed by atoms with Gasteiger partial charge in [0.1, 0.15) is 10.7 Å². The smallest absolute Gasteiger partial charge is 0.337 e. The summed E-state index contributed by atoms with van der Waals surface area (Å²) in [7, 11) is 3.96. The van der Waals surface area contributed by atoms with Gasteiger partial charge in [-0.05, 0) is 40.1 Å². The normalized spacial score (nSPS) is 11.4. The van der Waals surface area contributed by atoms with Crippen molar-refractivity contribution >= 4 is 27.5 Å². The van der Waals surface area contributed by atoms with E-state index >= 15 is 0 Å². The molecular weight excluding hydrogens is 350 g/mol. The van der Waals surface area contributed by atoms with Crippen molar-refractivity contribution in [2.24, 2.45) is 0 Å². The zero-order chi connectivity index (χ0) is 18.8. The SMILES string of the molecule is Cc1cccc(-c2nc3scc(C(=O)O)c3c(=O)n2CCCN(C)C)c1. The fraction of sp³-hybridized carbons (Fsp3) is 0.316. The third-order valence-corrected chi connectivity index (χ3v) is 5.06. The molecule has 0 fully saturated rings. The van der Waals surface area contributed by atoms with Gasteiger partial charge in [-0.15, -0.1) is 11.3 Å². The maximum absolute atomic E-state index is 13.1. The monoisotopic (exact) mass is 371 g/mol. The molecule has 6 nitrogen and oxygen atoms in total. The van der Waals surface area contributed by atoms with Crippen molar-refractivity contribution < 1.29 is 9.90 Å². The average molecular weight is 371 g/mol. The van der Waals surface area contributed by atoms with Crippen LogP contribution in [0.1, 0.15) is 22.3 Å². The molecule has 2 heterocycles. The van der Waals surface area contributed by atoms with Crippen LogP contribution < -0.4 is 5.56 Å². The molecule has 0 radical (unpaired) electrons. The van der Waals surface area contributed by atoms with Crippen LogP contribution in [-0.2, 0) is 6.54 Å². The second kappa shape index (κ2) is 7.39. The van der Waals surface area contributed by atoms with Gasteiger partial charge in [0.05, 0.1) is 10.9 Å². The molecule has 0 bridgehead atoms. The number of carboxylic acid groups (broad SMARTS) is 1. The van der Waals surface area contributed by atoms with Crippen LogP contribution in [0.25, 0.3) is 21.6 Å². The van der Waals surface area contributed by atoms with Gasteiger partial charge in [-0.3, -0.25) is 9.36 Å². The lowest BCUT2D eigenvalue weighted by Crippen LogP contribution is -2.26. The van der Waals surface area contributed by atoms with Crippen molar-refractivity contribution in [3.63, 3.8) is 0 Å². The summed E-state index contributed by atoms with van der Waals surface area (Å²) < 4.78 is 1.61. The van der Waals surface area contributed by atoms with E-state index in [1.54, 1.807) is 4.57 Å². The van der Waals surface area contributed by atoms with Gasteiger partial charge in [-0.1, -0.05) is 23.8 Å². The number of carbonyl (C=O) groups is 1. The molecule has 3 aromatic rings. The molecule has 0 aliphatic rings. The lowest BCUT2D eigenvalue weighted by molar-refractivity contribution is 0.0699. The third-order valence-electron chi connectivity index (χ3n) is 4.19. The van der Waals surface area contributed by atoms with E-state index in [1.165, 1.54) is 16.7 Å². The van der Waals surface area contributed by atoms with Crippen molar-refractivity contribution in [2.75, 3.05) is 20.6 Å². The van der Waals surface area contributed by atoms with E-state index in [-0.39, 0.29) is 16.5 Å². The van der Waals surface area contributed by atoms with E-state index < -0.39 is 5.97 Å². The molecule has 26 heavy (non-hydrogen) atoms. The van der Waals surface area contributed by atoms with Crippen molar-refractivity contribution in [1.82, 2.24) is 14.5 Å². The molecule has 7 heteroatoms. The zero-order valence-corrected chi connectivity index (χ0v) is 15.8. The molecule has 136 valence electrons. The van der Waals surface area contributed by atoms with E-state index in [4.69, 9.17) is 0 Å². The lowest BCUT2D eigenvalue weighted by atomic mass is 10.1. The van der Waals surface area contributed by atoms with E-state index in [0.29, 0.717) is 17.2 Å². The highest BCUT2D eigenvalue weighted by Gasteiger charge is 2.20. The first-order valence-corrected chi connectivity index (χ1v) is 9.23. The number of aryl methyl sites for hydroxylation is 1. The van der Waals surface area contributed by atoms with Gasteiger partial charge in [0.25, 0.3) is 5.56 Å². The van der Waals surface area contributed by atoms with E-state index in [2.05, 4.69) is 9.88 Å². The van der Waals surface area contributed by atoms with E-state index in [0.717, 1.165) is 24.1 Å². The molecule has 0 spiro atoms. The fourth-order valence-electron chi connectivity index (χ4n) is 2.94. The Balaban J connectivity index is 2.21. The standard InChI is InChI=1S/C19H21N3O3S/c1-12-6-4-7-13(10-12)16-20-17-15(14(11-26-17)19(24)25)18(23)22(16)9-5-8-21(2)3/h4,6-7,10-11H,5,8-9H2,1-3H3,(H,24,25). The van der Waals surface area contributed by atoms with Gasteiger partial charge >= 0.3 is 5.97 Å². The molecule has 1 aromatic carbocycles. The number of thiophene rings is 1. The van der Waals surface area contributed by atoms with Crippen LogP contribution in [0.5, 0.6) is 0 Å². The maximum Gasteiger partial charge on any atom is 0.337 e. The molecule has 0 amide bonds. The summed E-state index contributed by atoms with van der Waals surface area (Å²) in [5, 5.41) is 11.1. The summed E-state index contributed by atoms with van der Waals surface area (Å²) in [4.78, 5) is 31.8. The van der Waals surface area contributed by atoms with Crippen molar-refractivity contribution in [3.05, 3.63) is 51.1 Å². The van der Waals surface area contributed by atoms with Gasteiger partial charge in [-0.2, -0.15) is 0 Å². The number of hydrogen-bond donors (Lipinski definition) is 1. The molecule has 0 unspecified atom stereocenters. The van der Waals surface area contributed by atoms with Gasteiger partial charge in [0.2, 0.25) is 0 Å². The van der Waals surface area contributed by atoms with Crippen molar-refractivity contribution in [2.45, 2.75) is 19.9 Å². The topological polar surface area (TPSA) is 75.4 Å². The minimum absolute atomic E-state index is 0.0275. The molecule has 1 N–H and O–H groups in total. The summed E-state index contributed by atoms with van der Waals surface area (Å²) >= 11 is 1.19. The Morgan fingerprint density at radius 3 is 2.77 bits per heavy atom. The highest BCUT2D eigenvalue weighted by Crippen LogP contribution is 2.26. The minimum Gasteiger partial charge on any atom is -0.478 e. The maximum atomic E-state index is 13.1. The quantitative estimate of drug-likeness (QED) is 0.721. The van der Waals surface area contributed by atoms with Gasteiger partial charge in [0, 0.05) is 17.5 Å². The molecule has 0 aliphatic carbocycles. The Hall–Kier alpha value is -2.51. The lowest BCUT2D eigenvalue weighted by Gasteiger charge is -2.15. The Labute approximate surface area is 155 Å². The highest BCUT2D eigenvalue weighted by atomic mass is 32.1. The van der Waals surface area contributed by atoms with Gasteiger partial charge in [-0.25, -0.2) is 9.78 Å². The summed E-state index contributed by atoms with van der Waals surface area (Å²) in [5.41, 5.74) is 1.68. The van der Waals surface area contributed by atoms with Crippen LogP contribution in [0.4, 0.5) is 0 Å². The number of aromatic nitrogens is 2. The minimum atomic E-state index is -1.10. The van der Waals surface area contributed by atoms with Gasteiger partial charge in [0.15, 0.2) is 0 Å². The van der Waals surface area contributed by atoms with Gasteiger partial charge < -0.3 is 10.0 Å². The summed E-state index contributed by atoms with van der Waals surface area (Å²) in [6.07, 6.45) is 0.769. The number of fused-ring (bicyclic) bond motifs is 1. The Bertz CT molecular complexity index is 1020. The first-order valence-electron chi connectivity index (χ1n) is 8.35. The number of benzene rings is 1. The van der Waals surface area contributed by atoms with Crippen LogP contribution in [0, 0.1) is 6.92 Å². The summed E-state index contributed by atoms with van der Waals surface area (Å²) in [6.45, 7) is 3.30. The second-order valence-electron chi connectivity index (χ2n) is 6.55. The molecule has 0 saturated heterocycles. The molecule has 0 aliphatic heterocycles. The first kappa shape index (κ1) is 18.3. The highest BCUT2D eigenvalue weighted by molar-refractivity contribution is 7.17. The van der Waals surface area contributed by atoms with Crippen LogP contribution in [0.2, 0.25) is 0 Å². The Morgan fingerprint density at radius 2 is 2.12 bits per heavy atom. The van der Waals surface area contributed by atoms with Crippen LogP contribution >= 0.6 is 11.3 Å². The predicted molar refractivity (Wildman–Crippen MR) is 104 cm³/mol. The average Bonchev–Trinajstić information content (AvgIpc) is 3.01. The van der Waals surface area contributed by atoms with Crippen LogP contribution in [0.15, 0.2) is 34.4 Å². The second-order valence-corrected chi connectivity index (χ2v) is 7.41. The van der Waals surface area contributed by atoms with E-state index in [9.17, 15) is 14.7 Å². The van der Waals surface area contributed by atoms with Crippen molar-refractivity contribution in [1.29, 1.82) is 0 Å². The summed E-state index contributed by atoms with van der Waals surface area (Å²) in [5.74, 6) is -0.512. The Morgan fingerprint density at radius 1 is 1.35 bits per heavy atom. The van der Waals surface area contributed by atoms with Crippen molar-refractivity contribution in [3.8, 4) is 11.4 Å². The number of hydrogen-bond acceptors (Lipinski definition) is 5.